The Morgan fingerprint density at radius 1 is 0.161 bits per heavy atom. The molecule has 0 aromatic heterocycles. The Bertz CT molecular complexity index is 8360. The van der Waals surface area contributed by atoms with Gasteiger partial charge in [0.05, 0.1) is 0 Å². The van der Waals surface area contributed by atoms with Gasteiger partial charge in [0, 0.05) is 110 Å². The van der Waals surface area contributed by atoms with E-state index in [2.05, 4.69) is 526 Å². The van der Waals surface area contributed by atoms with Crippen LogP contribution in [0.3, 0.4) is 0 Å². The molecule has 21 aromatic rings. The number of hydrogen-bond donors (Lipinski definition) is 0. The fraction of sp³-hybridized carbons (Fsp3) is 0.0156. The number of rotatable bonds is 9. The van der Waals surface area contributed by atoms with Gasteiger partial charge in [-0.1, -0.05) is 479 Å². The average Bonchev–Trinajstić information content (AvgIpc) is 0.696. The van der Waals surface area contributed by atoms with E-state index in [1.807, 2.05) is 70.6 Å². The quantitative estimate of drug-likeness (QED) is 0.130. The summed E-state index contributed by atoms with van der Waals surface area (Å²) in [6.45, 7) is 5.12. The van der Waals surface area contributed by atoms with Crippen LogP contribution in [0.5, 0.6) is 0 Å². The Kier molecular flexibility index (Phi) is 21.4. The lowest BCUT2D eigenvalue weighted by atomic mass is 9.36. The number of hydrogen-bond acceptors (Lipinski definition) is 9. The molecule has 143 heavy (non-hydrogen) atoms. The first-order chi connectivity index (χ1) is 70.8. The van der Waals surface area contributed by atoms with Gasteiger partial charge < -0.3 is 14.7 Å². The molecule has 0 aliphatic carbocycles. The first-order valence-electron chi connectivity index (χ1n) is 49.2. The van der Waals surface area contributed by atoms with Gasteiger partial charge in [0.15, 0.2) is 24.2 Å². The maximum atomic E-state index is 2.60. The van der Waals surface area contributed by atoms with Crippen LogP contribution in [0.25, 0.3) is 0 Å². The highest BCUT2D eigenvalue weighted by Gasteiger charge is 2.55. The summed E-state index contributed by atoms with van der Waals surface area (Å²) in [5.41, 5.74) is 26.8. The summed E-state index contributed by atoms with van der Waals surface area (Å²) in [6.07, 6.45) is 0. The zero-order chi connectivity index (χ0) is 94.6. The van der Waals surface area contributed by atoms with Crippen LogP contribution < -0.4 is 126 Å². The Labute approximate surface area is 865 Å². The van der Waals surface area contributed by atoms with Gasteiger partial charge in [-0.2, -0.15) is 0 Å². The highest BCUT2D eigenvalue weighted by Crippen LogP contribution is 2.50. The standard InChI is InChI=1S/C44H32BNS2Si.2C42H28BNS2Si/c1-29-21-23-36-42(25-29)49(32-13-5-3-6-14-32,33-15-7-4-8-16-33)43-26-30(2)22-24-37(43)46(36)31-27-40-44-41(28-31)48-39-20-12-10-18-35(39)45(44)34-17-9-11-19-38(34)47-40;1-3-15-29(16-4-1)47(30-17-5-2-6-18-30)39-27-11-8-20-32(39)44(33-21-9-12-28-40(33)47)34-22-13-24-36-41(34)43-31-19-7-10-23-35(31)45-37-25-14-26-38(46-36)42(37)43;1-3-14-30(15-4-1)47(31-16-5-2-6-17-31)40-24-11-8-19-34(40)44(35-20-9-12-25-41(35)47)29-26-27-37-33(28-29)43-32-18-7-10-21-36(32)45-38-22-13-23-39(46-37)42(38)43/h3-28H,1-2H3;2*1-28H. The highest BCUT2D eigenvalue weighted by molar-refractivity contribution is 8.02. The molecular formula is C128H88B3N3S6Si3. The second-order valence-corrected chi connectivity index (χ2v) is 55.9. The molecule has 9 heterocycles. The minimum absolute atomic E-state index is 0.164. The smallest absolute Gasteiger partial charge is 0.249 e. The average molecular weight is 1980 g/mol. The molecule has 0 bridgehead atoms. The zero-order valence-electron chi connectivity index (χ0n) is 78.4. The van der Waals surface area contributed by atoms with E-state index >= 15 is 0 Å². The van der Waals surface area contributed by atoms with Crippen LogP contribution in [0.4, 0.5) is 51.2 Å². The molecule has 0 radical (unpaired) electrons. The van der Waals surface area contributed by atoms with Crippen LogP contribution in [0, 0.1) is 13.8 Å². The van der Waals surface area contributed by atoms with Crippen LogP contribution in [0.2, 0.25) is 0 Å². The molecule has 3 nitrogen and oxygen atoms in total. The van der Waals surface area contributed by atoms with E-state index in [1.54, 1.807) is 0 Å². The van der Waals surface area contributed by atoms with Gasteiger partial charge in [0.1, 0.15) is 0 Å². The lowest BCUT2D eigenvalue weighted by Gasteiger charge is -2.46. The molecule has 9 aliphatic heterocycles. The fourth-order valence-electron chi connectivity index (χ4n) is 25.0. The summed E-state index contributed by atoms with van der Waals surface area (Å²) < 4.78 is 0. The molecule has 0 spiro atoms. The van der Waals surface area contributed by atoms with Crippen molar-refractivity contribution in [3.05, 3.63) is 509 Å². The molecule has 15 heteroatoms. The number of anilines is 9. The van der Waals surface area contributed by atoms with Crippen molar-refractivity contribution in [2.75, 3.05) is 14.7 Å². The summed E-state index contributed by atoms with van der Waals surface area (Å²) >= 11 is 11.5. The van der Waals surface area contributed by atoms with E-state index in [0.717, 1.165) is 0 Å². The Balaban J connectivity index is 0.000000105. The van der Waals surface area contributed by atoms with E-state index in [9.17, 15) is 0 Å². The largest absolute Gasteiger partial charge is 0.311 e. The van der Waals surface area contributed by atoms with Crippen molar-refractivity contribution in [1.82, 2.24) is 0 Å². The van der Waals surface area contributed by atoms with Crippen LogP contribution in [-0.4, -0.2) is 44.4 Å². The van der Waals surface area contributed by atoms with Crippen LogP contribution in [0.1, 0.15) is 11.1 Å². The van der Waals surface area contributed by atoms with E-state index in [0.29, 0.717) is 0 Å². The first-order valence-corrected chi connectivity index (χ1v) is 60.1. The summed E-state index contributed by atoms with van der Waals surface area (Å²) in [6, 6.07) is 188. The number of para-hydroxylation sites is 4. The Morgan fingerprint density at radius 2 is 0.413 bits per heavy atom. The molecule has 0 amide bonds. The summed E-state index contributed by atoms with van der Waals surface area (Å²) in [5.74, 6) is 0. The van der Waals surface area contributed by atoms with Crippen molar-refractivity contribution in [2.24, 2.45) is 0 Å². The second-order valence-electron chi connectivity index (χ2n) is 38.2. The van der Waals surface area contributed by atoms with Crippen LogP contribution in [-0.2, 0) is 0 Å². The number of fused-ring (bicyclic) bond motifs is 18. The van der Waals surface area contributed by atoms with Gasteiger partial charge in [-0.05, 0) is 225 Å². The van der Waals surface area contributed by atoms with Gasteiger partial charge in [0.25, 0.3) is 0 Å². The van der Waals surface area contributed by atoms with Crippen molar-refractivity contribution < 1.29 is 0 Å². The van der Waals surface area contributed by atoms with E-state index in [-0.39, 0.29) is 20.1 Å². The van der Waals surface area contributed by atoms with Crippen LogP contribution >= 0.6 is 70.6 Å². The lowest BCUT2D eigenvalue weighted by Crippen LogP contribution is -2.77. The molecule has 0 saturated carbocycles. The molecule has 0 fully saturated rings. The summed E-state index contributed by atoms with van der Waals surface area (Å²) in [7, 11) is -8.03. The van der Waals surface area contributed by atoms with Crippen molar-refractivity contribution in [3.8, 4) is 0 Å². The van der Waals surface area contributed by atoms with Gasteiger partial charge in [-0.15, -0.1) is 0 Å². The number of aryl methyl sites for hydroxylation is 2. The van der Waals surface area contributed by atoms with Crippen molar-refractivity contribution in [2.45, 2.75) is 72.6 Å². The summed E-state index contributed by atoms with van der Waals surface area (Å²) in [4.78, 5) is 24.1. The number of benzene rings is 21. The molecule has 0 N–H and O–H groups in total. The maximum Gasteiger partial charge on any atom is 0.249 e. The minimum atomic E-state index is -2.71. The van der Waals surface area contributed by atoms with E-state index in [4.69, 9.17) is 0 Å². The predicted molar refractivity (Wildman–Crippen MR) is 622 cm³/mol. The van der Waals surface area contributed by atoms with Crippen LogP contribution in [0.15, 0.2) is 556 Å². The third-order valence-corrected chi connectivity index (χ3v) is 52.2. The highest BCUT2D eigenvalue weighted by atomic mass is 32.2. The monoisotopic (exact) mass is 1980 g/mol. The second kappa shape index (κ2) is 35.2. The summed E-state index contributed by atoms with van der Waals surface area (Å²) in [5, 5.41) is 17.1. The topological polar surface area (TPSA) is 9.72 Å². The van der Waals surface area contributed by atoms with Gasteiger partial charge in [-0.3, -0.25) is 0 Å². The Morgan fingerprint density at radius 3 is 0.797 bits per heavy atom. The normalized spacial score (nSPS) is 14.7. The van der Waals surface area contributed by atoms with Crippen molar-refractivity contribution >= 4 is 278 Å². The first kappa shape index (κ1) is 86.8. The van der Waals surface area contributed by atoms with Crippen molar-refractivity contribution in [3.63, 3.8) is 0 Å². The Hall–Kier alpha value is -14.0. The van der Waals surface area contributed by atoms with Gasteiger partial charge in [0.2, 0.25) is 20.1 Å². The molecular weight excluding hydrogens is 1890 g/mol. The number of nitrogens with zero attached hydrogens (tertiary/aromatic N) is 3. The molecule has 0 saturated heterocycles. The maximum absolute atomic E-state index is 2.71. The van der Waals surface area contributed by atoms with Gasteiger partial charge >= 0.3 is 0 Å². The third kappa shape index (κ3) is 13.6. The molecule has 672 valence electrons. The molecule has 0 atom stereocenters. The minimum Gasteiger partial charge on any atom is -0.311 e. The molecule has 0 unspecified atom stereocenters. The van der Waals surface area contributed by atoms with Gasteiger partial charge in [-0.25, -0.2) is 0 Å². The zero-order valence-corrected chi connectivity index (χ0v) is 86.3. The molecule has 30 rings (SSSR count). The molecule has 21 aromatic carbocycles. The SMILES string of the molecule is Cc1ccc2c(c1)[Si](c1ccccc1)(c1ccccc1)c1cc(C)ccc1N2c1cc2c3c(c1)Sc1ccccc1B3c1ccccc1S2.c1ccc([Si]2(c3ccccc3)c3ccccc3N(c3ccc4c(c3)B3c5ccccc5Sc5cccc(c53)S4)c3ccccc32)cc1.c1ccc([Si]2(c3ccccc3)c3ccccc3N(c3cccc4c3B3c5ccccc5Sc5cccc(c53)S4)c3ccccc32)cc1. The van der Waals surface area contributed by atoms with Crippen molar-refractivity contribution in [1.29, 1.82) is 0 Å². The fourth-order valence-corrected chi connectivity index (χ4v) is 47.8. The predicted octanol–water partition coefficient (Wildman–Crippen LogP) is 19.5. The molecule has 9 aliphatic rings. The third-order valence-electron chi connectivity index (χ3n) is 30.7. The lowest BCUT2D eigenvalue weighted by molar-refractivity contribution is 1.23. The van der Waals surface area contributed by atoms with E-state index in [1.165, 1.54) is 232 Å². The van der Waals surface area contributed by atoms with E-state index < -0.39 is 24.2 Å².